The van der Waals surface area contributed by atoms with Crippen molar-refractivity contribution in [3.05, 3.63) is 42.0 Å². The maximum absolute atomic E-state index is 10.7. The Kier molecular flexibility index (Phi) is 4.95. The zero-order valence-corrected chi connectivity index (χ0v) is 16.4. The van der Waals surface area contributed by atoms with Crippen LogP contribution in [0, 0.1) is 6.92 Å². The van der Waals surface area contributed by atoms with Gasteiger partial charge in [-0.05, 0) is 47.9 Å². The number of carboxylic acids is 1. The highest BCUT2D eigenvalue weighted by molar-refractivity contribution is 7.99. The van der Waals surface area contributed by atoms with Gasteiger partial charge in [-0.15, -0.1) is 10.2 Å². The number of hydrogen-bond acceptors (Lipinski definition) is 6. The molecule has 28 heavy (non-hydrogen) atoms. The normalized spacial score (nSPS) is 13.1. The number of aliphatic carboxylic acids is 1. The van der Waals surface area contributed by atoms with Crippen LogP contribution >= 0.6 is 11.8 Å². The van der Waals surface area contributed by atoms with Gasteiger partial charge in [-0.1, -0.05) is 23.9 Å². The molecule has 2 aromatic carbocycles. The van der Waals surface area contributed by atoms with Gasteiger partial charge in [0, 0.05) is 12.6 Å². The van der Waals surface area contributed by atoms with Crippen LogP contribution < -0.4 is 9.64 Å². The Bertz CT molecular complexity index is 1030. The number of aromatic amines is 1. The summed E-state index contributed by atoms with van der Waals surface area (Å²) in [5, 5.41) is 17.5. The highest BCUT2D eigenvalue weighted by Gasteiger charge is 2.16. The average Bonchev–Trinajstić information content (AvgIpc) is 3.15. The summed E-state index contributed by atoms with van der Waals surface area (Å²) >= 11 is 1.11. The van der Waals surface area contributed by atoms with E-state index in [0.29, 0.717) is 17.6 Å². The second-order valence-corrected chi connectivity index (χ2v) is 7.67. The lowest BCUT2D eigenvalue weighted by atomic mass is 9.99. The molecule has 7 nitrogen and oxygen atoms in total. The Balaban J connectivity index is 1.65. The van der Waals surface area contributed by atoms with Gasteiger partial charge in [-0.2, -0.15) is 0 Å². The number of fused-ring (bicyclic) bond motifs is 1. The molecule has 2 N–H and O–H groups in total. The molecular formula is C20H20N4O3S. The van der Waals surface area contributed by atoms with Crippen LogP contribution in [0.3, 0.4) is 0 Å². The van der Waals surface area contributed by atoms with E-state index in [2.05, 4.69) is 51.4 Å². The van der Waals surface area contributed by atoms with Crippen LogP contribution in [0.5, 0.6) is 5.75 Å². The lowest BCUT2D eigenvalue weighted by molar-refractivity contribution is -0.133. The monoisotopic (exact) mass is 396 g/mol. The third-order valence-electron chi connectivity index (χ3n) is 4.54. The molecule has 144 valence electrons. The van der Waals surface area contributed by atoms with E-state index in [-0.39, 0.29) is 5.75 Å². The summed E-state index contributed by atoms with van der Waals surface area (Å²) in [6, 6.07) is 12.4. The van der Waals surface area contributed by atoms with Crippen molar-refractivity contribution in [3.63, 3.8) is 0 Å². The molecule has 1 aliphatic heterocycles. The molecule has 0 aliphatic carbocycles. The number of nitrogens with one attached hydrogen (secondary N) is 1. The predicted molar refractivity (Wildman–Crippen MR) is 109 cm³/mol. The first-order valence-corrected chi connectivity index (χ1v) is 9.86. The maximum atomic E-state index is 10.7. The van der Waals surface area contributed by atoms with E-state index in [1.165, 1.54) is 0 Å². The quantitative estimate of drug-likeness (QED) is 0.638. The topological polar surface area (TPSA) is 91.3 Å². The van der Waals surface area contributed by atoms with Gasteiger partial charge >= 0.3 is 5.97 Å². The minimum atomic E-state index is -0.888. The molecule has 1 aromatic heterocycles. The molecule has 0 saturated carbocycles. The Labute approximate surface area is 166 Å². The van der Waals surface area contributed by atoms with E-state index < -0.39 is 5.97 Å². The highest BCUT2D eigenvalue weighted by atomic mass is 32.2. The van der Waals surface area contributed by atoms with Crippen LogP contribution in [0.25, 0.3) is 22.5 Å². The largest absolute Gasteiger partial charge is 0.490 e. The molecule has 0 fully saturated rings. The van der Waals surface area contributed by atoms with Crippen molar-refractivity contribution in [2.45, 2.75) is 12.1 Å². The lowest BCUT2D eigenvalue weighted by Gasteiger charge is -2.28. The van der Waals surface area contributed by atoms with Crippen LogP contribution in [0.2, 0.25) is 0 Å². The van der Waals surface area contributed by atoms with Crippen LogP contribution in [0.4, 0.5) is 5.69 Å². The Morgan fingerprint density at radius 2 is 2.04 bits per heavy atom. The number of H-pyrrole nitrogens is 1. The van der Waals surface area contributed by atoms with Gasteiger partial charge in [0.1, 0.15) is 12.4 Å². The Morgan fingerprint density at radius 1 is 1.21 bits per heavy atom. The third-order valence-corrected chi connectivity index (χ3v) is 5.39. The van der Waals surface area contributed by atoms with Crippen molar-refractivity contribution in [2.75, 3.05) is 30.9 Å². The molecule has 0 radical (unpaired) electrons. The summed E-state index contributed by atoms with van der Waals surface area (Å²) in [6.45, 7) is 3.60. The number of aryl methyl sites for hydroxylation is 1. The van der Waals surface area contributed by atoms with Crippen molar-refractivity contribution in [2.24, 2.45) is 0 Å². The third kappa shape index (κ3) is 3.82. The fourth-order valence-corrected chi connectivity index (χ4v) is 3.72. The molecule has 0 bridgehead atoms. The van der Waals surface area contributed by atoms with Gasteiger partial charge < -0.3 is 19.7 Å². The molecule has 0 atom stereocenters. The van der Waals surface area contributed by atoms with Crippen LogP contribution in [0.1, 0.15) is 5.56 Å². The molecule has 0 amide bonds. The van der Waals surface area contributed by atoms with Gasteiger partial charge in [-0.25, -0.2) is 0 Å². The van der Waals surface area contributed by atoms with Gasteiger partial charge in [0.2, 0.25) is 0 Å². The van der Waals surface area contributed by atoms with Crippen LogP contribution in [-0.2, 0) is 4.79 Å². The molecule has 0 saturated heterocycles. The van der Waals surface area contributed by atoms with Crippen molar-refractivity contribution in [1.29, 1.82) is 0 Å². The van der Waals surface area contributed by atoms with E-state index in [4.69, 9.17) is 9.84 Å². The van der Waals surface area contributed by atoms with E-state index in [0.717, 1.165) is 52.0 Å². The maximum Gasteiger partial charge on any atom is 0.313 e. The summed E-state index contributed by atoms with van der Waals surface area (Å²) in [5.41, 5.74) is 5.22. The predicted octanol–water partition coefficient (Wildman–Crippen LogP) is 3.45. The zero-order valence-electron chi connectivity index (χ0n) is 15.6. The van der Waals surface area contributed by atoms with Crippen molar-refractivity contribution < 1.29 is 14.6 Å². The van der Waals surface area contributed by atoms with Crippen molar-refractivity contribution in [1.82, 2.24) is 15.2 Å². The van der Waals surface area contributed by atoms with Gasteiger partial charge in [-0.3, -0.25) is 4.79 Å². The standard InChI is InChI=1S/C20H20N4O3S/c1-12-7-14(13-3-4-16-17(10-13)27-6-5-24(16)2)9-15(8-12)19-21-20(23-22-19)28-11-18(25)26/h3-4,7-10H,5-6,11H2,1-2H3,(H,25,26)(H,21,22,23). The number of likely N-dealkylation sites (N-methyl/N-ethyl adjacent to an activating group) is 1. The SMILES string of the molecule is Cc1cc(-c2ccc3c(c2)OCCN3C)cc(-c2nnc(SCC(=O)O)[nH]2)c1. The second-order valence-electron chi connectivity index (χ2n) is 6.70. The molecule has 0 unspecified atom stereocenters. The van der Waals surface area contributed by atoms with Crippen molar-refractivity contribution >= 4 is 23.4 Å². The van der Waals surface area contributed by atoms with E-state index in [1.807, 2.05) is 19.1 Å². The zero-order chi connectivity index (χ0) is 19.7. The number of carboxylic acid groups (broad SMARTS) is 1. The van der Waals surface area contributed by atoms with Gasteiger partial charge in [0.15, 0.2) is 11.0 Å². The summed E-state index contributed by atoms with van der Waals surface area (Å²) in [7, 11) is 2.07. The Morgan fingerprint density at radius 3 is 2.86 bits per heavy atom. The number of thioether (sulfide) groups is 1. The first kappa shape index (κ1) is 18.4. The summed E-state index contributed by atoms with van der Waals surface area (Å²) in [6.07, 6.45) is 0. The number of nitrogens with zero attached hydrogens (tertiary/aromatic N) is 3. The molecule has 2 heterocycles. The summed E-state index contributed by atoms with van der Waals surface area (Å²) in [4.78, 5) is 16.0. The fourth-order valence-electron chi connectivity index (χ4n) is 3.20. The number of benzene rings is 2. The lowest BCUT2D eigenvalue weighted by Crippen LogP contribution is -2.28. The molecule has 8 heteroatoms. The number of hydrogen-bond donors (Lipinski definition) is 2. The average molecular weight is 396 g/mol. The molecule has 0 spiro atoms. The van der Waals surface area contributed by atoms with E-state index in [9.17, 15) is 4.79 Å². The van der Waals surface area contributed by atoms with Gasteiger partial charge in [0.05, 0.1) is 18.0 Å². The van der Waals surface area contributed by atoms with Gasteiger partial charge in [0.25, 0.3) is 0 Å². The van der Waals surface area contributed by atoms with Crippen LogP contribution in [0.15, 0.2) is 41.6 Å². The number of ether oxygens (including phenoxy) is 1. The molecule has 4 rings (SSSR count). The first-order chi connectivity index (χ1) is 13.5. The highest BCUT2D eigenvalue weighted by Crippen LogP contribution is 2.36. The number of carbonyl (C=O) groups is 1. The van der Waals surface area contributed by atoms with Crippen molar-refractivity contribution in [3.8, 4) is 28.3 Å². The summed E-state index contributed by atoms with van der Waals surface area (Å²) < 4.78 is 5.83. The number of rotatable bonds is 5. The second kappa shape index (κ2) is 7.55. The molecular weight excluding hydrogens is 376 g/mol. The summed E-state index contributed by atoms with van der Waals surface area (Å²) in [5.74, 6) is 0.561. The molecule has 3 aromatic rings. The smallest absolute Gasteiger partial charge is 0.313 e. The van der Waals surface area contributed by atoms with E-state index >= 15 is 0 Å². The van der Waals surface area contributed by atoms with Crippen LogP contribution in [-0.4, -0.2) is 52.2 Å². The van der Waals surface area contributed by atoms with E-state index in [1.54, 1.807) is 0 Å². The molecule has 1 aliphatic rings. The minimum absolute atomic E-state index is 0.0583. The number of aromatic nitrogens is 3. The Hall–Kier alpha value is -3.00. The first-order valence-electron chi connectivity index (χ1n) is 8.87. The number of anilines is 1. The fraction of sp³-hybridized carbons (Fsp3) is 0.250. The minimum Gasteiger partial charge on any atom is -0.490 e.